The number of carboxylic acids is 1. The molecule has 0 saturated carbocycles. The van der Waals surface area contributed by atoms with Gasteiger partial charge in [-0.05, 0) is 137 Å². The fourth-order valence-corrected chi connectivity index (χ4v) is 8.25. The van der Waals surface area contributed by atoms with Crippen LogP contribution in [0, 0.1) is 6.92 Å². The summed E-state index contributed by atoms with van der Waals surface area (Å²) >= 11 is 0. The summed E-state index contributed by atoms with van der Waals surface area (Å²) in [6.07, 6.45) is 1.53. The summed E-state index contributed by atoms with van der Waals surface area (Å²) in [6, 6.07) is 29.4. The Morgan fingerprint density at radius 3 is 2.12 bits per heavy atom. The van der Waals surface area contributed by atoms with Crippen LogP contribution >= 0.6 is 0 Å². The van der Waals surface area contributed by atoms with E-state index in [0.29, 0.717) is 40.5 Å². The Balaban J connectivity index is 1.09. The highest BCUT2D eigenvalue weighted by molar-refractivity contribution is 7.92. The maximum absolute atomic E-state index is 13.6. The standard InChI is InChI=1S/C46H48N6O11S2/c1-29-24-39(50-51-43-41(65(58,59)60)26-30-25-34(16-21-37(30)44(43)55)47-31-10-8-7-9-11-31)40(61-6)27-38(29)49-48-32-14-19-36(20-15-32)64(56,57)52-33-12-17-35(18-13-33)63-45(2,3)22-23-62-46(4,5)28-42(53)54/h7-21,24-27,47,50,52H,22-23,28H2,1-6H3,(H,53,54)(H,58,59,60)/b49-48+,51-43+. The highest BCUT2D eigenvalue weighted by atomic mass is 32.2. The first-order chi connectivity index (χ1) is 30.6. The summed E-state index contributed by atoms with van der Waals surface area (Å²) in [6.45, 7) is 9.18. The number of nitrogens with zero attached hydrogens (tertiary/aromatic N) is 3. The SMILES string of the molecule is COc1cc(/N=N/c2ccc(S(=O)(=O)Nc3ccc(OC(C)(C)CCOC(C)(C)CC(=O)O)cc3)cc2)c(C)cc1N/N=C1/C(=O)c2ccc(Nc3ccccc3)cc2C=C1S(=O)(=O)O. The van der Waals surface area contributed by atoms with Crippen molar-refractivity contribution in [3.63, 3.8) is 0 Å². The molecule has 0 atom stereocenters. The molecule has 1 aliphatic rings. The number of hydrazone groups is 1. The van der Waals surface area contributed by atoms with E-state index in [1.165, 1.54) is 37.5 Å². The third kappa shape index (κ3) is 12.6. The molecule has 0 radical (unpaired) electrons. The third-order valence-corrected chi connectivity index (χ3v) is 12.1. The summed E-state index contributed by atoms with van der Waals surface area (Å²) in [5, 5.41) is 25.0. The summed E-state index contributed by atoms with van der Waals surface area (Å²) in [4.78, 5) is 24.0. The van der Waals surface area contributed by atoms with Crippen molar-refractivity contribution in [2.24, 2.45) is 15.3 Å². The first kappa shape index (κ1) is 47.5. The fourth-order valence-electron chi connectivity index (χ4n) is 6.53. The molecule has 0 aromatic heterocycles. The van der Waals surface area contributed by atoms with Gasteiger partial charge in [0.15, 0.2) is 5.71 Å². The third-order valence-electron chi connectivity index (χ3n) is 9.87. The van der Waals surface area contributed by atoms with Crippen molar-refractivity contribution in [3.8, 4) is 11.5 Å². The normalized spacial score (nSPS) is 13.9. The number of methoxy groups -OCH3 is 1. The van der Waals surface area contributed by atoms with Crippen LogP contribution in [0.4, 0.5) is 34.1 Å². The molecule has 0 saturated heterocycles. The Kier molecular flexibility index (Phi) is 14.2. The molecule has 340 valence electrons. The number of fused-ring (bicyclic) bond motifs is 1. The second-order valence-corrected chi connectivity index (χ2v) is 19.2. The number of rotatable bonds is 19. The van der Waals surface area contributed by atoms with Crippen LogP contribution in [0.1, 0.15) is 62.0 Å². The van der Waals surface area contributed by atoms with Gasteiger partial charge >= 0.3 is 5.97 Å². The first-order valence-electron chi connectivity index (χ1n) is 20.0. The van der Waals surface area contributed by atoms with Crippen LogP contribution in [0.3, 0.4) is 0 Å². The van der Waals surface area contributed by atoms with Crippen molar-refractivity contribution in [2.45, 2.75) is 63.6 Å². The number of allylic oxidation sites excluding steroid dienone is 1. The molecule has 0 amide bonds. The molecule has 0 bridgehead atoms. The largest absolute Gasteiger partial charge is 0.494 e. The lowest BCUT2D eigenvalue weighted by Crippen LogP contribution is -2.34. The number of benzene rings is 5. The minimum Gasteiger partial charge on any atom is -0.494 e. The summed E-state index contributed by atoms with van der Waals surface area (Å²) in [7, 11) is -7.49. The highest BCUT2D eigenvalue weighted by Crippen LogP contribution is 2.35. The Morgan fingerprint density at radius 2 is 1.48 bits per heavy atom. The minimum absolute atomic E-state index is 0.0182. The van der Waals surface area contributed by atoms with Gasteiger partial charge in [-0.1, -0.05) is 18.2 Å². The van der Waals surface area contributed by atoms with Crippen molar-refractivity contribution >= 4 is 77.8 Å². The van der Waals surface area contributed by atoms with Gasteiger partial charge in [0.2, 0.25) is 5.78 Å². The van der Waals surface area contributed by atoms with Gasteiger partial charge in [-0.25, -0.2) is 8.42 Å². The summed E-state index contributed by atoms with van der Waals surface area (Å²) < 4.78 is 81.5. The maximum Gasteiger partial charge on any atom is 0.306 e. The average Bonchev–Trinajstić information content (AvgIpc) is 3.23. The molecule has 17 nitrogen and oxygen atoms in total. The monoisotopic (exact) mass is 924 g/mol. The van der Waals surface area contributed by atoms with Gasteiger partial charge in [0.05, 0.1) is 47.7 Å². The van der Waals surface area contributed by atoms with Crippen LogP contribution in [0.5, 0.6) is 11.5 Å². The second-order valence-electron chi connectivity index (χ2n) is 16.1. The van der Waals surface area contributed by atoms with E-state index in [1.54, 1.807) is 75.4 Å². The number of para-hydroxylation sites is 1. The number of sulfonamides is 1. The molecule has 5 N–H and O–H groups in total. The van der Waals surface area contributed by atoms with Crippen molar-refractivity contribution in [1.82, 2.24) is 0 Å². The van der Waals surface area contributed by atoms with Gasteiger partial charge in [-0.2, -0.15) is 23.7 Å². The number of aliphatic carboxylic acids is 1. The number of aryl methyl sites for hydroxylation is 1. The number of carbonyl (C=O) groups is 2. The molecule has 0 heterocycles. The Morgan fingerprint density at radius 1 is 0.800 bits per heavy atom. The lowest BCUT2D eigenvalue weighted by atomic mass is 9.94. The number of anilines is 4. The number of carbonyl (C=O) groups excluding carboxylic acids is 1. The molecule has 0 spiro atoms. The summed E-state index contributed by atoms with van der Waals surface area (Å²) in [5.74, 6) is -0.956. The number of Topliss-reactive ketones (excluding diaryl/α,β-unsaturated/α-hetero) is 1. The number of carboxylic acid groups (broad SMARTS) is 1. The predicted octanol–water partition coefficient (Wildman–Crippen LogP) is 9.67. The number of nitrogens with one attached hydrogen (secondary N) is 3. The lowest BCUT2D eigenvalue weighted by molar-refractivity contribution is -0.144. The molecule has 19 heteroatoms. The topological polar surface area (TPSA) is 244 Å². The van der Waals surface area contributed by atoms with E-state index in [2.05, 4.69) is 30.8 Å². The molecule has 65 heavy (non-hydrogen) atoms. The zero-order chi connectivity index (χ0) is 47.2. The van der Waals surface area contributed by atoms with Crippen molar-refractivity contribution < 1.29 is 50.3 Å². The molecule has 0 aliphatic heterocycles. The van der Waals surface area contributed by atoms with Gasteiger partial charge in [-0.3, -0.25) is 24.3 Å². The lowest BCUT2D eigenvalue weighted by Gasteiger charge is -2.29. The van der Waals surface area contributed by atoms with E-state index < -0.39 is 53.7 Å². The van der Waals surface area contributed by atoms with Crippen LogP contribution in [-0.2, 0) is 29.7 Å². The zero-order valence-electron chi connectivity index (χ0n) is 36.3. The first-order valence-corrected chi connectivity index (χ1v) is 23.0. The Bertz CT molecular complexity index is 2900. The van der Waals surface area contributed by atoms with Crippen LogP contribution in [0.15, 0.2) is 134 Å². The van der Waals surface area contributed by atoms with Gasteiger partial charge in [0, 0.05) is 35.1 Å². The van der Waals surface area contributed by atoms with E-state index in [0.717, 1.165) is 5.69 Å². The van der Waals surface area contributed by atoms with E-state index >= 15 is 0 Å². The van der Waals surface area contributed by atoms with E-state index in [9.17, 15) is 31.0 Å². The number of ketones is 1. The minimum atomic E-state index is -4.89. The van der Waals surface area contributed by atoms with Crippen molar-refractivity contribution in [2.75, 3.05) is 29.2 Å². The predicted molar refractivity (Wildman–Crippen MR) is 248 cm³/mol. The van der Waals surface area contributed by atoms with Gasteiger partial charge in [0.1, 0.15) is 22.0 Å². The van der Waals surface area contributed by atoms with E-state index in [-0.39, 0.29) is 40.5 Å². The Hall–Kier alpha value is -6.93. The molecular weight excluding hydrogens is 877 g/mol. The van der Waals surface area contributed by atoms with Gasteiger partial charge in [0.25, 0.3) is 20.1 Å². The second kappa shape index (κ2) is 19.4. The molecule has 0 fully saturated rings. The van der Waals surface area contributed by atoms with Crippen LogP contribution in [-0.4, -0.2) is 68.9 Å². The van der Waals surface area contributed by atoms with Crippen molar-refractivity contribution in [1.29, 1.82) is 0 Å². The molecule has 0 unspecified atom stereocenters. The smallest absolute Gasteiger partial charge is 0.306 e. The zero-order valence-corrected chi connectivity index (χ0v) is 38.0. The number of ether oxygens (including phenoxy) is 3. The van der Waals surface area contributed by atoms with Gasteiger partial charge < -0.3 is 24.6 Å². The number of hydrogen-bond acceptors (Lipinski definition) is 14. The maximum atomic E-state index is 13.6. The van der Waals surface area contributed by atoms with E-state index in [4.69, 9.17) is 19.3 Å². The van der Waals surface area contributed by atoms with Gasteiger partial charge in [-0.15, -0.1) is 0 Å². The molecule has 1 aliphatic carbocycles. The van der Waals surface area contributed by atoms with E-state index in [1.807, 2.05) is 44.2 Å². The summed E-state index contributed by atoms with van der Waals surface area (Å²) in [5.41, 5.74) is 4.38. The quantitative estimate of drug-likeness (QED) is 0.0295. The molecule has 6 rings (SSSR count). The number of hydrogen-bond donors (Lipinski definition) is 5. The molecule has 5 aromatic rings. The van der Waals surface area contributed by atoms with Crippen LogP contribution in [0.25, 0.3) is 6.08 Å². The van der Waals surface area contributed by atoms with Crippen molar-refractivity contribution in [3.05, 3.63) is 131 Å². The highest BCUT2D eigenvalue weighted by Gasteiger charge is 2.33. The fraction of sp³-hybridized carbons (Fsp3) is 0.239. The Labute approximate surface area is 377 Å². The average molecular weight is 925 g/mol. The number of azo groups is 1. The van der Waals surface area contributed by atoms with Crippen LogP contribution in [0.2, 0.25) is 0 Å². The van der Waals surface area contributed by atoms with Crippen LogP contribution < -0.4 is 24.9 Å². The molecule has 5 aromatic carbocycles. The molecular formula is C46H48N6O11S2.